The molecule has 5 atom stereocenters. The van der Waals surface area contributed by atoms with Crippen LogP contribution in [0.1, 0.15) is 44.9 Å². The normalized spacial score (nSPS) is 42.1. The zero-order valence-electron chi connectivity index (χ0n) is 16.4. The van der Waals surface area contributed by atoms with Gasteiger partial charge in [-0.2, -0.15) is 5.10 Å². The Balaban J connectivity index is 1.47. The van der Waals surface area contributed by atoms with Crippen LogP contribution in [0.4, 0.5) is 4.79 Å². The summed E-state index contributed by atoms with van der Waals surface area (Å²) in [6.07, 6.45) is 4.59. The number of ether oxygens (including phenoxy) is 2. The van der Waals surface area contributed by atoms with Crippen LogP contribution in [0.15, 0.2) is 5.10 Å². The SMILES string of the molecule is CN1C(=O)C2CC3CC4OCOC4CC3C(C3CCC([N+](=O)[O-])CC3)=NN2C1=O. The fourth-order valence-electron chi connectivity index (χ4n) is 5.87. The number of likely N-dealkylation sites (N-methyl/N-ethyl adjacent to an activating group) is 1. The molecule has 0 N–H and O–H groups in total. The standard InChI is InChI=1S/C19H26N4O6/c1-21-18(24)14-6-11-7-15-16(29-9-28-15)8-13(11)17(20-22(14)19(21)25)10-2-4-12(5-3-10)23(26)27/h10-16H,2-9H2,1H3. The largest absolute Gasteiger partial charge is 0.349 e. The molecular formula is C19H26N4O6. The summed E-state index contributed by atoms with van der Waals surface area (Å²) in [5.41, 5.74) is 0.935. The van der Waals surface area contributed by atoms with Crippen molar-refractivity contribution in [1.29, 1.82) is 0 Å². The molecule has 29 heavy (non-hydrogen) atoms. The first-order valence-corrected chi connectivity index (χ1v) is 10.5. The summed E-state index contributed by atoms with van der Waals surface area (Å²) in [4.78, 5) is 37.5. The van der Waals surface area contributed by atoms with Crippen molar-refractivity contribution >= 4 is 17.6 Å². The van der Waals surface area contributed by atoms with Gasteiger partial charge in [-0.05, 0) is 43.9 Å². The van der Waals surface area contributed by atoms with Crippen LogP contribution in [0.3, 0.4) is 0 Å². The number of urea groups is 1. The molecule has 0 aromatic carbocycles. The summed E-state index contributed by atoms with van der Waals surface area (Å²) in [5.74, 6) is 0.196. The van der Waals surface area contributed by atoms with Gasteiger partial charge >= 0.3 is 6.03 Å². The van der Waals surface area contributed by atoms with E-state index in [1.54, 1.807) is 0 Å². The van der Waals surface area contributed by atoms with Gasteiger partial charge in [-0.25, -0.2) is 9.80 Å². The van der Waals surface area contributed by atoms with Crippen LogP contribution >= 0.6 is 0 Å². The van der Waals surface area contributed by atoms with Crippen molar-refractivity contribution in [3.05, 3.63) is 10.1 Å². The number of amides is 3. The Morgan fingerprint density at radius 2 is 1.76 bits per heavy atom. The van der Waals surface area contributed by atoms with Crippen molar-refractivity contribution in [2.24, 2.45) is 22.9 Å². The van der Waals surface area contributed by atoms with E-state index in [-0.39, 0.29) is 46.8 Å². The fourth-order valence-corrected chi connectivity index (χ4v) is 5.87. The predicted molar refractivity (Wildman–Crippen MR) is 99.4 cm³/mol. The maximum absolute atomic E-state index is 12.7. The number of hydrazone groups is 1. The van der Waals surface area contributed by atoms with Crippen molar-refractivity contribution < 1.29 is 24.0 Å². The van der Waals surface area contributed by atoms with Gasteiger partial charge in [-0.1, -0.05) is 0 Å². The molecule has 4 fully saturated rings. The van der Waals surface area contributed by atoms with E-state index in [4.69, 9.17) is 14.6 Å². The molecule has 0 aromatic heterocycles. The van der Waals surface area contributed by atoms with Crippen LogP contribution in [0.5, 0.6) is 0 Å². The number of nitrogens with zero attached hydrogens (tertiary/aromatic N) is 4. The van der Waals surface area contributed by atoms with E-state index in [1.165, 1.54) is 12.1 Å². The van der Waals surface area contributed by atoms with Crippen LogP contribution in [-0.4, -0.2) is 70.6 Å². The minimum absolute atomic E-state index is 0.0126. The van der Waals surface area contributed by atoms with Gasteiger partial charge in [-0.15, -0.1) is 0 Å². The summed E-state index contributed by atoms with van der Waals surface area (Å²) in [6, 6.07) is -1.45. The average molecular weight is 406 g/mol. The first-order chi connectivity index (χ1) is 13.9. The third-order valence-corrected chi connectivity index (χ3v) is 7.51. The topological polar surface area (TPSA) is 115 Å². The smallest absolute Gasteiger partial charge is 0.347 e. The van der Waals surface area contributed by atoms with Gasteiger partial charge < -0.3 is 9.47 Å². The third kappa shape index (κ3) is 3.04. The van der Waals surface area contributed by atoms with Gasteiger partial charge in [0.1, 0.15) is 12.8 Å². The average Bonchev–Trinajstić information content (AvgIpc) is 3.19. The van der Waals surface area contributed by atoms with Gasteiger partial charge in [0.15, 0.2) is 0 Å². The Kier molecular flexibility index (Phi) is 4.58. The summed E-state index contributed by atoms with van der Waals surface area (Å²) >= 11 is 0. The highest BCUT2D eigenvalue weighted by atomic mass is 16.7. The quantitative estimate of drug-likeness (QED) is 0.391. The predicted octanol–water partition coefficient (Wildman–Crippen LogP) is 1.61. The Morgan fingerprint density at radius 1 is 1.07 bits per heavy atom. The van der Waals surface area contributed by atoms with Crippen molar-refractivity contribution in [2.75, 3.05) is 13.8 Å². The van der Waals surface area contributed by atoms with Crippen LogP contribution in [0, 0.1) is 27.9 Å². The number of imide groups is 1. The van der Waals surface area contributed by atoms with E-state index in [1.807, 2.05) is 0 Å². The number of hydrogen-bond acceptors (Lipinski definition) is 7. The van der Waals surface area contributed by atoms with E-state index in [0.717, 1.165) is 23.5 Å². The number of carbonyl (C=O) groups excluding carboxylic acids is 2. The Morgan fingerprint density at radius 3 is 2.45 bits per heavy atom. The molecule has 3 heterocycles. The number of carbonyl (C=O) groups is 2. The molecule has 5 rings (SSSR count). The Labute approximate surface area is 168 Å². The van der Waals surface area contributed by atoms with E-state index in [0.29, 0.717) is 38.9 Å². The molecule has 2 saturated heterocycles. The lowest BCUT2D eigenvalue weighted by atomic mass is 9.67. The van der Waals surface area contributed by atoms with Gasteiger partial charge in [0, 0.05) is 36.4 Å². The van der Waals surface area contributed by atoms with Gasteiger partial charge in [0.25, 0.3) is 5.91 Å². The van der Waals surface area contributed by atoms with Crippen molar-refractivity contribution in [3.8, 4) is 0 Å². The number of nitro groups is 1. The molecule has 0 aromatic rings. The number of fused-ring (bicyclic) bond motifs is 3. The molecule has 10 nitrogen and oxygen atoms in total. The molecule has 2 aliphatic carbocycles. The zero-order chi connectivity index (χ0) is 20.3. The molecule has 5 unspecified atom stereocenters. The minimum Gasteiger partial charge on any atom is -0.349 e. The molecule has 3 aliphatic heterocycles. The lowest BCUT2D eigenvalue weighted by molar-refractivity contribution is -0.526. The van der Waals surface area contributed by atoms with Crippen molar-refractivity contribution in [1.82, 2.24) is 9.91 Å². The maximum Gasteiger partial charge on any atom is 0.347 e. The van der Waals surface area contributed by atoms with E-state index in [2.05, 4.69) is 0 Å². The number of hydrogen-bond donors (Lipinski definition) is 0. The summed E-state index contributed by atoms with van der Waals surface area (Å²) in [6.45, 7) is 0.297. The van der Waals surface area contributed by atoms with Gasteiger partial charge in [0.2, 0.25) is 6.04 Å². The fraction of sp³-hybridized carbons (Fsp3) is 0.842. The summed E-state index contributed by atoms with van der Waals surface area (Å²) in [5, 5.41) is 17.3. The molecule has 0 radical (unpaired) electrons. The highest BCUT2D eigenvalue weighted by Crippen LogP contribution is 2.45. The lowest BCUT2D eigenvalue weighted by Gasteiger charge is -2.39. The van der Waals surface area contributed by atoms with E-state index in [9.17, 15) is 19.7 Å². The van der Waals surface area contributed by atoms with Crippen molar-refractivity contribution in [3.63, 3.8) is 0 Å². The monoisotopic (exact) mass is 406 g/mol. The Hall–Kier alpha value is -2.07. The van der Waals surface area contributed by atoms with Gasteiger partial charge in [0.05, 0.1) is 12.2 Å². The maximum atomic E-state index is 12.7. The molecule has 5 aliphatic rings. The van der Waals surface area contributed by atoms with E-state index < -0.39 is 12.1 Å². The lowest BCUT2D eigenvalue weighted by Crippen LogP contribution is -2.44. The molecular weight excluding hydrogens is 380 g/mol. The van der Waals surface area contributed by atoms with Crippen LogP contribution in [-0.2, 0) is 14.3 Å². The molecule has 3 amide bonds. The van der Waals surface area contributed by atoms with Crippen LogP contribution in [0.25, 0.3) is 0 Å². The molecule has 10 heteroatoms. The Bertz CT molecular complexity index is 764. The second kappa shape index (κ2) is 7.02. The summed E-state index contributed by atoms with van der Waals surface area (Å²) in [7, 11) is 1.50. The highest BCUT2D eigenvalue weighted by molar-refractivity contribution is 6.05. The van der Waals surface area contributed by atoms with Gasteiger partial charge in [-0.3, -0.25) is 19.8 Å². The van der Waals surface area contributed by atoms with Crippen LogP contribution < -0.4 is 0 Å². The molecule has 2 saturated carbocycles. The second-order valence-corrected chi connectivity index (χ2v) is 8.96. The molecule has 158 valence electrons. The number of rotatable bonds is 2. The van der Waals surface area contributed by atoms with E-state index >= 15 is 0 Å². The molecule has 0 spiro atoms. The highest BCUT2D eigenvalue weighted by Gasteiger charge is 2.52. The van der Waals surface area contributed by atoms with Crippen molar-refractivity contribution in [2.45, 2.75) is 69.2 Å². The first kappa shape index (κ1) is 18.9. The first-order valence-electron chi connectivity index (χ1n) is 10.5. The zero-order valence-corrected chi connectivity index (χ0v) is 16.4. The third-order valence-electron chi connectivity index (χ3n) is 7.51. The van der Waals surface area contributed by atoms with Crippen LogP contribution in [0.2, 0.25) is 0 Å². The second-order valence-electron chi connectivity index (χ2n) is 8.96. The summed E-state index contributed by atoms with van der Waals surface area (Å²) < 4.78 is 11.5. The minimum atomic E-state index is -0.563. The molecule has 0 bridgehead atoms.